The Bertz CT molecular complexity index is 462. The second-order valence-electron chi connectivity index (χ2n) is 4.76. The summed E-state index contributed by atoms with van der Waals surface area (Å²) < 4.78 is 0. The summed E-state index contributed by atoms with van der Waals surface area (Å²) in [6, 6.07) is 8.03. The second-order valence-corrected chi connectivity index (χ2v) is 7.11. The normalized spacial score (nSPS) is 32.0. The molecule has 0 spiro atoms. The Hall–Kier alpha value is -0.350. The number of rotatable bonds is 0. The highest BCUT2D eigenvalue weighted by molar-refractivity contribution is 9.12. The number of amides is 1. The summed E-state index contributed by atoms with van der Waals surface area (Å²) in [4.78, 5) is 15.1. The van der Waals surface area contributed by atoms with E-state index >= 15 is 0 Å². The smallest absolute Gasteiger partial charge is 0.254 e. The molecule has 3 rings (SSSR count). The average Bonchev–Trinajstić information content (AvgIpc) is 2.46. The van der Waals surface area contributed by atoms with Crippen LogP contribution in [0.1, 0.15) is 28.3 Å². The average molecular weight is 359 g/mol. The van der Waals surface area contributed by atoms with Gasteiger partial charge in [-0.05, 0) is 18.1 Å². The van der Waals surface area contributed by atoms with Gasteiger partial charge in [-0.3, -0.25) is 4.79 Å². The number of carbonyl (C=O) groups is 1. The molecule has 2 nitrogen and oxygen atoms in total. The van der Waals surface area contributed by atoms with Gasteiger partial charge in [0, 0.05) is 34.2 Å². The minimum Gasteiger partial charge on any atom is -0.337 e. The van der Waals surface area contributed by atoms with Crippen LogP contribution in [0.15, 0.2) is 24.3 Å². The lowest BCUT2D eigenvalue weighted by Gasteiger charge is -2.32. The Morgan fingerprint density at radius 3 is 2.71 bits per heavy atom. The summed E-state index contributed by atoms with van der Waals surface area (Å²) >= 11 is 7.40. The Balaban J connectivity index is 2.07. The summed E-state index contributed by atoms with van der Waals surface area (Å²) in [5.41, 5.74) is 2.12. The van der Waals surface area contributed by atoms with Crippen LogP contribution in [0.5, 0.6) is 0 Å². The van der Waals surface area contributed by atoms with Crippen LogP contribution in [0.25, 0.3) is 0 Å². The van der Waals surface area contributed by atoms with E-state index in [9.17, 15) is 4.79 Å². The SMILES string of the molecule is O=C1c2ccccc2C2CC(Br)C(Br)CN1C2. The first-order chi connectivity index (χ1) is 8.16. The van der Waals surface area contributed by atoms with Crippen LogP contribution in [0.4, 0.5) is 0 Å². The third-order valence-corrected chi connectivity index (χ3v) is 6.31. The fraction of sp³-hybridized carbons (Fsp3) is 0.462. The van der Waals surface area contributed by atoms with Gasteiger partial charge < -0.3 is 4.90 Å². The van der Waals surface area contributed by atoms with Crippen molar-refractivity contribution in [3.63, 3.8) is 0 Å². The van der Waals surface area contributed by atoms with Crippen molar-refractivity contribution in [2.75, 3.05) is 13.1 Å². The minimum atomic E-state index is 0.183. The van der Waals surface area contributed by atoms with Gasteiger partial charge >= 0.3 is 0 Å². The maximum absolute atomic E-state index is 12.3. The van der Waals surface area contributed by atoms with Crippen LogP contribution in [-0.4, -0.2) is 33.6 Å². The zero-order valence-electron chi connectivity index (χ0n) is 9.27. The zero-order chi connectivity index (χ0) is 12.0. The standard InChI is InChI=1S/C13H13Br2NO/c14-11-5-8-6-16(7-12(11)15)13(17)10-4-2-1-3-9(8)10/h1-4,8,11-12H,5-7H2. The van der Waals surface area contributed by atoms with Crippen molar-refractivity contribution >= 4 is 37.8 Å². The molecule has 1 amide bonds. The number of nitrogens with zero attached hydrogens (tertiary/aromatic N) is 1. The van der Waals surface area contributed by atoms with Crippen molar-refractivity contribution < 1.29 is 4.79 Å². The molecule has 4 heteroatoms. The minimum absolute atomic E-state index is 0.183. The van der Waals surface area contributed by atoms with Crippen LogP contribution in [-0.2, 0) is 0 Å². The molecule has 1 aromatic carbocycles. The van der Waals surface area contributed by atoms with E-state index in [1.807, 2.05) is 23.1 Å². The van der Waals surface area contributed by atoms with Gasteiger partial charge in [0.25, 0.3) is 5.91 Å². The molecule has 2 heterocycles. The zero-order valence-corrected chi connectivity index (χ0v) is 12.4. The van der Waals surface area contributed by atoms with Crippen molar-refractivity contribution in [1.82, 2.24) is 4.90 Å². The van der Waals surface area contributed by atoms with Crippen LogP contribution in [0.2, 0.25) is 0 Å². The molecule has 2 bridgehead atoms. The van der Waals surface area contributed by atoms with E-state index in [1.165, 1.54) is 5.56 Å². The maximum Gasteiger partial charge on any atom is 0.254 e. The van der Waals surface area contributed by atoms with Crippen molar-refractivity contribution in [2.45, 2.75) is 22.0 Å². The Labute approximate surface area is 118 Å². The molecule has 0 aliphatic carbocycles. The second kappa shape index (κ2) is 4.39. The van der Waals surface area contributed by atoms with Gasteiger partial charge in [0.1, 0.15) is 0 Å². The number of carbonyl (C=O) groups excluding carboxylic acids is 1. The monoisotopic (exact) mass is 357 g/mol. The quantitative estimate of drug-likeness (QED) is 0.652. The predicted molar refractivity (Wildman–Crippen MR) is 75.1 cm³/mol. The fourth-order valence-electron chi connectivity index (χ4n) is 2.77. The number of benzene rings is 1. The Morgan fingerprint density at radius 1 is 1.12 bits per heavy atom. The van der Waals surface area contributed by atoms with E-state index in [0.29, 0.717) is 15.6 Å². The summed E-state index contributed by atoms with van der Waals surface area (Å²) in [7, 11) is 0. The van der Waals surface area contributed by atoms with Crippen molar-refractivity contribution in [3.8, 4) is 0 Å². The predicted octanol–water partition coefficient (Wildman–Crippen LogP) is 3.16. The van der Waals surface area contributed by atoms with E-state index < -0.39 is 0 Å². The van der Waals surface area contributed by atoms with Crippen LogP contribution >= 0.6 is 31.9 Å². The molecule has 1 aromatic rings. The summed E-state index contributed by atoms with van der Waals surface area (Å²) in [6.07, 6.45) is 1.08. The summed E-state index contributed by atoms with van der Waals surface area (Å²) in [5, 5.41) is 0. The molecule has 1 saturated heterocycles. The largest absolute Gasteiger partial charge is 0.337 e. The molecule has 0 saturated carbocycles. The topological polar surface area (TPSA) is 20.3 Å². The molecule has 2 aliphatic heterocycles. The molecule has 2 aliphatic rings. The lowest BCUT2D eigenvalue weighted by molar-refractivity contribution is 0.0736. The van der Waals surface area contributed by atoms with Crippen LogP contribution in [0.3, 0.4) is 0 Å². The van der Waals surface area contributed by atoms with E-state index in [2.05, 4.69) is 37.9 Å². The van der Waals surface area contributed by atoms with Gasteiger partial charge in [0.2, 0.25) is 0 Å². The lowest BCUT2D eigenvalue weighted by atomic mass is 9.87. The Morgan fingerprint density at radius 2 is 1.88 bits per heavy atom. The van der Waals surface area contributed by atoms with Crippen molar-refractivity contribution in [2.24, 2.45) is 0 Å². The molecule has 1 fully saturated rings. The first-order valence-corrected chi connectivity index (χ1v) is 7.66. The Kier molecular flexibility index (Phi) is 3.03. The summed E-state index contributed by atoms with van der Waals surface area (Å²) in [5.74, 6) is 0.652. The maximum atomic E-state index is 12.3. The number of hydrogen-bond donors (Lipinski definition) is 0. The van der Waals surface area contributed by atoms with E-state index in [-0.39, 0.29) is 5.91 Å². The van der Waals surface area contributed by atoms with E-state index in [0.717, 1.165) is 25.1 Å². The first kappa shape index (κ1) is 11.7. The lowest BCUT2D eigenvalue weighted by Crippen LogP contribution is -2.40. The fourth-order valence-corrected chi connectivity index (χ4v) is 3.95. The van der Waals surface area contributed by atoms with Crippen molar-refractivity contribution in [3.05, 3.63) is 35.4 Å². The third kappa shape index (κ3) is 1.95. The van der Waals surface area contributed by atoms with E-state index in [1.54, 1.807) is 0 Å². The van der Waals surface area contributed by atoms with E-state index in [4.69, 9.17) is 0 Å². The third-order valence-electron chi connectivity index (χ3n) is 3.66. The molecule has 0 aromatic heterocycles. The highest BCUT2D eigenvalue weighted by Gasteiger charge is 2.37. The molecule has 17 heavy (non-hydrogen) atoms. The highest BCUT2D eigenvalue weighted by Crippen LogP contribution is 2.38. The summed E-state index contributed by atoms with van der Waals surface area (Å²) in [6.45, 7) is 1.65. The molecular formula is C13H13Br2NO. The molecular weight excluding hydrogens is 346 g/mol. The first-order valence-electron chi connectivity index (χ1n) is 5.83. The van der Waals surface area contributed by atoms with Crippen LogP contribution < -0.4 is 0 Å². The molecule has 3 unspecified atom stereocenters. The van der Waals surface area contributed by atoms with Gasteiger partial charge in [-0.15, -0.1) is 0 Å². The van der Waals surface area contributed by atoms with Crippen molar-refractivity contribution in [1.29, 1.82) is 0 Å². The van der Waals surface area contributed by atoms with Gasteiger partial charge in [0.05, 0.1) is 0 Å². The van der Waals surface area contributed by atoms with Gasteiger partial charge in [-0.25, -0.2) is 0 Å². The van der Waals surface area contributed by atoms with Gasteiger partial charge in [-0.1, -0.05) is 50.1 Å². The number of alkyl halides is 2. The number of hydrogen-bond acceptors (Lipinski definition) is 1. The van der Waals surface area contributed by atoms with Gasteiger partial charge in [0.15, 0.2) is 0 Å². The number of fused-ring (bicyclic) bond motifs is 4. The molecule has 0 radical (unpaired) electrons. The van der Waals surface area contributed by atoms with Crippen LogP contribution in [0, 0.1) is 0 Å². The highest BCUT2D eigenvalue weighted by atomic mass is 79.9. The molecule has 0 N–H and O–H groups in total. The van der Waals surface area contributed by atoms with Gasteiger partial charge in [-0.2, -0.15) is 0 Å². The molecule has 90 valence electrons. The molecule has 3 atom stereocenters. The number of halogens is 2.